The summed E-state index contributed by atoms with van der Waals surface area (Å²) in [6.45, 7) is -0.159. The highest BCUT2D eigenvalue weighted by Crippen LogP contribution is 2.48. The van der Waals surface area contributed by atoms with Crippen LogP contribution < -0.4 is 15.6 Å². The molecule has 2 aromatic rings. The van der Waals surface area contributed by atoms with E-state index in [1.165, 1.54) is 0 Å². The third-order valence-corrected chi connectivity index (χ3v) is 6.57. The number of benzene rings is 2. The lowest BCUT2D eigenvalue weighted by Crippen LogP contribution is -2.43. The molecule has 7 heteroatoms. The molecule has 2 aromatic carbocycles. The molecule has 25 heavy (non-hydrogen) atoms. The number of carbonyl (C=O) groups is 2. The van der Waals surface area contributed by atoms with Crippen LogP contribution in [-0.2, 0) is 4.79 Å². The Hall–Kier alpha value is -2.12. The highest BCUT2D eigenvalue weighted by atomic mass is 32.2. The minimum Gasteiger partial charge on any atom is -0.483 e. The van der Waals surface area contributed by atoms with Gasteiger partial charge in [-0.2, -0.15) is 0 Å². The van der Waals surface area contributed by atoms with Crippen LogP contribution in [0.25, 0.3) is 0 Å². The SMILES string of the molecule is O=C(COc1ccccc1C1SCCS1)NNC(=O)c1ccccc1. The lowest BCUT2D eigenvalue weighted by Gasteiger charge is -2.15. The first kappa shape index (κ1) is 17.7. The van der Waals surface area contributed by atoms with Crippen molar-refractivity contribution in [2.24, 2.45) is 0 Å². The Kier molecular flexibility index (Phi) is 6.25. The van der Waals surface area contributed by atoms with E-state index in [0.29, 0.717) is 15.9 Å². The van der Waals surface area contributed by atoms with E-state index in [1.54, 1.807) is 24.3 Å². The molecule has 2 N–H and O–H groups in total. The van der Waals surface area contributed by atoms with E-state index in [2.05, 4.69) is 10.9 Å². The Morgan fingerprint density at radius 2 is 1.64 bits per heavy atom. The van der Waals surface area contributed by atoms with Gasteiger partial charge in [0.15, 0.2) is 6.61 Å². The number of hydrogen-bond acceptors (Lipinski definition) is 5. The number of hydrazine groups is 1. The maximum Gasteiger partial charge on any atom is 0.276 e. The van der Waals surface area contributed by atoms with Gasteiger partial charge in [0.05, 0.1) is 4.58 Å². The van der Waals surface area contributed by atoms with Gasteiger partial charge in [-0.25, -0.2) is 0 Å². The number of amides is 2. The predicted octanol–water partition coefficient (Wildman–Crippen LogP) is 3.01. The summed E-state index contributed by atoms with van der Waals surface area (Å²) < 4.78 is 6.00. The van der Waals surface area contributed by atoms with Crippen molar-refractivity contribution >= 4 is 35.3 Å². The fourth-order valence-corrected chi connectivity index (χ4v) is 5.22. The number of hydrogen-bond donors (Lipinski definition) is 2. The summed E-state index contributed by atoms with van der Waals surface area (Å²) in [6, 6.07) is 16.4. The predicted molar refractivity (Wildman–Crippen MR) is 102 cm³/mol. The summed E-state index contributed by atoms with van der Waals surface area (Å²) in [6.07, 6.45) is 0. The van der Waals surface area contributed by atoms with Gasteiger partial charge in [0.2, 0.25) is 0 Å². The lowest BCUT2D eigenvalue weighted by molar-refractivity contribution is -0.123. The average molecular weight is 374 g/mol. The molecule has 2 amide bonds. The van der Waals surface area contributed by atoms with Crippen molar-refractivity contribution < 1.29 is 14.3 Å². The van der Waals surface area contributed by atoms with Gasteiger partial charge in [-0.3, -0.25) is 20.4 Å². The maximum absolute atomic E-state index is 11.9. The molecule has 0 radical (unpaired) electrons. The molecule has 0 bridgehead atoms. The van der Waals surface area contributed by atoms with Crippen LogP contribution in [0.1, 0.15) is 20.5 Å². The van der Waals surface area contributed by atoms with Crippen LogP contribution in [0.2, 0.25) is 0 Å². The van der Waals surface area contributed by atoms with Gasteiger partial charge in [-0.1, -0.05) is 36.4 Å². The van der Waals surface area contributed by atoms with Gasteiger partial charge < -0.3 is 4.74 Å². The van der Waals surface area contributed by atoms with Crippen LogP contribution in [0.3, 0.4) is 0 Å². The summed E-state index contributed by atoms with van der Waals surface area (Å²) in [7, 11) is 0. The van der Waals surface area contributed by atoms with Crippen molar-refractivity contribution in [1.29, 1.82) is 0 Å². The largest absolute Gasteiger partial charge is 0.483 e. The van der Waals surface area contributed by atoms with Crippen LogP contribution in [0.4, 0.5) is 0 Å². The average Bonchev–Trinajstić information content (AvgIpc) is 3.20. The number of carbonyl (C=O) groups excluding carboxylic acids is 2. The molecule has 0 spiro atoms. The molecular formula is C18H18N2O3S2. The molecule has 0 unspecified atom stereocenters. The molecule has 1 saturated heterocycles. The summed E-state index contributed by atoms with van der Waals surface area (Å²) in [4.78, 5) is 23.8. The first-order chi connectivity index (χ1) is 12.2. The fourth-order valence-electron chi connectivity index (χ4n) is 2.31. The highest BCUT2D eigenvalue weighted by Gasteiger charge is 2.21. The lowest BCUT2D eigenvalue weighted by atomic mass is 10.2. The van der Waals surface area contributed by atoms with E-state index in [9.17, 15) is 9.59 Å². The Labute approximate surface area is 154 Å². The molecule has 0 aliphatic carbocycles. The normalized spacial score (nSPS) is 14.1. The number of thioether (sulfide) groups is 2. The van der Waals surface area contributed by atoms with Crippen molar-refractivity contribution in [3.8, 4) is 5.75 Å². The minimum atomic E-state index is -0.411. The van der Waals surface area contributed by atoms with Crippen molar-refractivity contribution in [3.63, 3.8) is 0 Å². The summed E-state index contributed by atoms with van der Waals surface area (Å²) in [5.41, 5.74) is 6.31. The van der Waals surface area contributed by atoms with Crippen LogP contribution in [0.15, 0.2) is 54.6 Å². The molecule has 130 valence electrons. The highest BCUT2D eigenvalue weighted by molar-refractivity contribution is 8.19. The van der Waals surface area contributed by atoms with E-state index in [1.807, 2.05) is 53.9 Å². The molecule has 0 atom stereocenters. The maximum atomic E-state index is 11.9. The van der Waals surface area contributed by atoms with Crippen molar-refractivity contribution in [2.75, 3.05) is 18.1 Å². The van der Waals surface area contributed by atoms with Crippen molar-refractivity contribution in [1.82, 2.24) is 10.9 Å². The number of nitrogens with one attached hydrogen (secondary N) is 2. The Morgan fingerprint density at radius 3 is 2.40 bits per heavy atom. The van der Waals surface area contributed by atoms with Crippen LogP contribution in [0, 0.1) is 0 Å². The Morgan fingerprint density at radius 1 is 0.960 bits per heavy atom. The van der Waals surface area contributed by atoms with Gasteiger partial charge in [-0.15, -0.1) is 23.5 Å². The van der Waals surface area contributed by atoms with E-state index in [-0.39, 0.29) is 12.5 Å². The molecular weight excluding hydrogens is 356 g/mol. The van der Waals surface area contributed by atoms with Gasteiger partial charge >= 0.3 is 0 Å². The third kappa shape index (κ3) is 4.93. The van der Waals surface area contributed by atoms with E-state index in [4.69, 9.17) is 4.74 Å². The smallest absolute Gasteiger partial charge is 0.276 e. The molecule has 3 rings (SSSR count). The summed E-state index contributed by atoms with van der Waals surface area (Å²) >= 11 is 3.76. The topological polar surface area (TPSA) is 67.4 Å². The zero-order valence-corrected chi connectivity index (χ0v) is 15.1. The number of ether oxygens (including phenoxy) is 1. The zero-order chi connectivity index (χ0) is 17.5. The van der Waals surface area contributed by atoms with E-state index in [0.717, 1.165) is 17.1 Å². The molecule has 1 heterocycles. The van der Waals surface area contributed by atoms with E-state index < -0.39 is 5.91 Å². The van der Waals surface area contributed by atoms with Crippen LogP contribution in [-0.4, -0.2) is 29.9 Å². The van der Waals surface area contributed by atoms with Crippen molar-refractivity contribution in [2.45, 2.75) is 4.58 Å². The second-order valence-corrected chi connectivity index (χ2v) is 7.99. The molecule has 0 saturated carbocycles. The second kappa shape index (κ2) is 8.82. The number of rotatable bonds is 5. The van der Waals surface area contributed by atoms with Gasteiger partial charge in [0.1, 0.15) is 5.75 Å². The van der Waals surface area contributed by atoms with E-state index >= 15 is 0 Å². The minimum absolute atomic E-state index is 0.159. The quantitative estimate of drug-likeness (QED) is 0.788. The zero-order valence-electron chi connectivity index (χ0n) is 13.4. The standard InChI is InChI=1S/C18H18N2O3S2/c21-16(19-20-17(22)13-6-2-1-3-7-13)12-23-15-9-5-4-8-14(15)18-24-10-11-25-18/h1-9,18H,10-12H2,(H,19,21)(H,20,22). The Balaban J connectivity index is 1.50. The number of para-hydroxylation sites is 1. The fraction of sp³-hybridized carbons (Fsp3) is 0.222. The molecule has 5 nitrogen and oxygen atoms in total. The first-order valence-electron chi connectivity index (χ1n) is 7.83. The van der Waals surface area contributed by atoms with Crippen LogP contribution >= 0.6 is 23.5 Å². The van der Waals surface area contributed by atoms with Gasteiger partial charge in [0, 0.05) is 22.6 Å². The van der Waals surface area contributed by atoms with Gasteiger partial charge in [-0.05, 0) is 18.2 Å². The Bertz CT molecular complexity index is 734. The first-order valence-corrected chi connectivity index (χ1v) is 9.93. The molecule has 1 aliphatic rings. The van der Waals surface area contributed by atoms with Crippen LogP contribution in [0.5, 0.6) is 5.75 Å². The van der Waals surface area contributed by atoms with Gasteiger partial charge in [0.25, 0.3) is 11.8 Å². The second-order valence-electron chi connectivity index (χ2n) is 5.27. The molecule has 0 aromatic heterocycles. The summed E-state index contributed by atoms with van der Waals surface area (Å²) in [5, 5.41) is 0. The third-order valence-electron chi connectivity index (χ3n) is 3.50. The monoisotopic (exact) mass is 374 g/mol. The molecule has 1 aliphatic heterocycles. The summed E-state index contributed by atoms with van der Waals surface area (Å²) in [5.74, 6) is 2.17. The van der Waals surface area contributed by atoms with Crippen molar-refractivity contribution in [3.05, 3.63) is 65.7 Å². The molecule has 1 fully saturated rings.